The molecule has 2 aliphatic rings. The number of hydroxylamine groups is 2. The standard InChI is InChI=1S/C38H57N7O3/c1-8-32(43-20-19-41(28-43)26-35(46)40-31-24-37(3,4)45(48-7)38(5,6)25-31)22-33(42-18-16-39-27-42)23-34(44-17-12-15-36(44)47)21-29(2)30-13-10-9-11-14-30/h9-11,13-14,16,18-20,27-29,31-34H,8,12,15,17,21-26H2,1-7H3/p+1. The number of rotatable bonds is 15. The second kappa shape index (κ2) is 15.4. The molecule has 0 aliphatic carbocycles. The molecular weight excluding hydrogens is 602 g/mol. The molecule has 0 bridgehead atoms. The Hall–Kier alpha value is -3.50. The number of likely N-dealkylation sites (tertiary alicyclic amines) is 1. The van der Waals surface area contributed by atoms with Crippen LogP contribution in [-0.4, -0.2) is 72.7 Å². The van der Waals surface area contributed by atoms with E-state index in [4.69, 9.17) is 4.84 Å². The van der Waals surface area contributed by atoms with Crippen molar-refractivity contribution in [1.82, 2.24) is 29.4 Å². The molecule has 1 aromatic carbocycles. The number of carbonyl (C=O) groups excluding carboxylic acids is 2. The van der Waals surface area contributed by atoms with Crippen LogP contribution in [0.15, 0.2) is 67.8 Å². The average molecular weight is 661 g/mol. The largest absolute Gasteiger partial charge is 0.350 e. The van der Waals surface area contributed by atoms with Crippen LogP contribution >= 0.6 is 0 Å². The highest BCUT2D eigenvalue weighted by atomic mass is 16.7. The van der Waals surface area contributed by atoms with E-state index in [-0.39, 0.29) is 53.6 Å². The first-order chi connectivity index (χ1) is 22.9. The number of nitrogens with one attached hydrogen (secondary N) is 1. The summed E-state index contributed by atoms with van der Waals surface area (Å²) in [4.78, 5) is 38.6. The summed E-state index contributed by atoms with van der Waals surface area (Å²) in [5.41, 5.74) is 0.936. The van der Waals surface area contributed by atoms with Crippen LogP contribution in [0.5, 0.6) is 0 Å². The Morgan fingerprint density at radius 1 is 1.02 bits per heavy atom. The SMILES string of the molecule is CCC(CC(CC(CC(C)c1ccccc1)N1CCCC1=O)n1ccnc1)n1cc[n+](CC(=O)NC2CC(C)(C)N(OC)C(C)(C)C2)c1. The fourth-order valence-corrected chi connectivity index (χ4v) is 8.70. The van der Waals surface area contributed by atoms with Gasteiger partial charge in [-0.15, -0.1) is 0 Å². The van der Waals surface area contributed by atoms with E-state index in [1.54, 1.807) is 7.11 Å². The van der Waals surface area contributed by atoms with Gasteiger partial charge in [0.2, 0.25) is 12.2 Å². The quantitative estimate of drug-likeness (QED) is 0.208. The van der Waals surface area contributed by atoms with Gasteiger partial charge in [-0.25, -0.2) is 14.1 Å². The number of benzene rings is 1. The molecule has 4 heterocycles. The molecule has 2 aliphatic heterocycles. The number of nitrogens with zero attached hydrogens (tertiary/aromatic N) is 6. The van der Waals surface area contributed by atoms with E-state index in [1.807, 2.05) is 23.3 Å². The number of aromatic nitrogens is 4. The summed E-state index contributed by atoms with van der Waals surface area (Å²) < 4.78 is 6.47. The summed E-state index contributed by atoms with van der Waals surface area (Å²) >= 11 is 0. The zero-order chi connectivity index (χ0) is 34.5. The van der Waals surface area contributed by atoms with Crippen LogP contribution < -0.4 is 9.88 Å². The van der Waals surface area contributed by atoms with Gasteiger partial charge < -0.3 is 19.6 Å². The highest BCUT2D eigenvalue weighted by molar-refractivity contribution is 5.78. The Morgan fingerprint density at radius 2 is 1.73 bits per heavy atom. The summed E-state index contributed by atoms with van der Waals surface area (Å²) in [5, 5.41) is 5.38. The maximum Gasteiger partial charge on any atom is 0.262 e. The number of piperidine rings is 1. The van der Waals surface area contributed by atoms with Crippen LogP contribution in [0, 0.1) is 0 Å². The summed E-state index contributed by atoms with van der Waals surface area (Å²) in [7, 11) is 1.73. The number of hydrogen-bond acceptors (Lipinski definition) is 5. The molecule has 0 radical (unpaired) electrons. The molecule has 0 spiro atoms. The molecule has 3 aromatic rings. The normalized spacial score (nSPS) is 20.8. The van der Waals surface area contributed by atoms with E-state index in [2.05, 4.69) is 120 Å². The van der Waals surface area contributed by atoms with Crippen molar-refractivity contribution >= 4 is 11.8 Å². The average Bonchev–Trinajstić information content (AvgIpc) is 3.81. The van der Waals surface area contributed by atoms with Crippen LogP contribution in [0.4, 0.5) is 0 Å². The summed E-state index contributed by atoms with van der Waals surface area (Å²) in [6.07, 6.45) is 18.8. The predicted octanol–water partition coefficient (Wildman–Crippen LogP) is 5.83. The van der Waals surface area contributed by atoms with Crippen LogP contribution in [0.1, 0.15) is 116 Å². The maximum atomic E-state index is 13.3. The van der Waals surface area contributed by atoms with Crippen molar-refractivity contribution in [3.8, 4) is 0 Å². The Balaban J connectivity index is 1.27. The fraction of sp³-hybridized carbons (Fsp3) is 0.632. The molecule has 10 heteroatoms. The first-order valence-corrected chi connectivity index (χ1v) is 17.9. The monoisotopic (exact) mass is 660 g/mol. The van der Waals surface area contributed by atoms with Crippen molar-refractivity contribution in [3.63, 3.8) is 0 Å². The second-order valence-electron chi connectivity index (χ2n) is 15.4. The van der Waals surface area contributed by atoms with Crippen LogP contribution in [0.25, 0.3) is 0 Å². The zero-order valence-corrected chi connectivity index (χ0v) is 30.2. The van der Waals surface area contributed by atoms with Gasteiger partial charge >= 0.3 is 0 Å². The molecule has 5 rings (SSSR count). The number of carbonyl (C=O) groups is 2. The van der Waals surface area contributed by atoms with Gasteiger partial charge in [-0.2, -0.15) is 5.06 Å². The minimum atomic E-state index is -0.189. The molecule has 2 amide bonds. The van der Waals surface area contributed by atoms with E-state index in [0.717, 1.165) is 51.5 Å². The highest BCUT2D eigenvalue weighted by Gasteiger charge is 2.46. The summed E-state index contributed by atoms with van der Waals surface area (Å²) in [6.45, 7) is 14.3. The highest BCUT2D eigenvalue weighted by Crippen LogP contribution is 2.38. The lowest BCUT2D eigenvalue weighted by Crippen LogP contribution is -2.64. The van der Waals surface area contributed by atoms with Crippen LogP contribution in [-0.2, 0) is 21.0 Å². The molecule has 2 fully saturated rings. The molecule has 4 unspecified atom stereocenters. The van der Waals surface area contributed by atoms with Gasteiger partial charge in [0, 0.05) is 61.0 Å². The smallest absolute Gasteiger partial charge is 0.262 e. The Bertz CT molecular complexity index is 1450. The third kappa shape index (κ3) is 8.55. The summed E-state index contributed by atoms with van der Waals surface area (Å²) in [6, 6.07) is 11.3. The lowest BCUT2D eigenvalue weighted by Gasteiger charge is -2.53. The van der Waals surface area contributed by atoms with Crippen molar-refractivity contribution in [3.05, 3.63) is 73.3 Å². The minimum Gasteiger partial charge on any atom is -0.350 e. The molecule has 2 saturated heterocycles. The minimum absolute atomic E-state index is 0.0233. The third-order valence-corrected chi connectivity index (χ3v) is 10.6. The lowest BCUT2D eigenvalue weighted by atomic mass is 9.79. The first kappa shape index (κ1) is 35.8. The van der Waals surface area contributed by atoms with Gasteiger partial charge in [-0.1, -0.05) is 44.2 Å². The lowest BCUT2D eigenvalue weighted by molar-refractivity contribution is -0.684. The van der Waals surface area contributed by atoms with Crippen LogP contribution in [0.3, 0.4) is 0 Å². The van der Waals surface area contributed by atoms with E-state index >= 15 is 0 Å². The molecule has 262 valence electrons. The van der Waals surface area contributed by atoms with E-state index in [9.17, 15) is 9.59 Å². The van der Waals surface area contributed by atoms with Gasteiger partial charge in [0.25, 0.3) is 5.91 Å². The molecule has 48 heavy (non-hydrogen) atoms. The Kier molecular flexibility index (Phi) is 11.5. The number of hydrogen-bond donors (Lipinski definition) is 1. The van der Waals surface area contributed by atoms with Gasteiger partial charge in [0.1, 0.15) is 18.4 Å². The molecule has 4 atom stereocenters. The summed E-state index contributed by atoms with van der Waals surface area (Å²) in [5.74, 6) is 0.641. The predicted molar refractivity (Wildman–Crippen MR) is 187 cm³/mol. The van der Waals surface area contributed by atoms with Gasteiger partial charge in [-0.3, -0.25) is 9.59 Å². The molecule has 1 N–H and O–H groups in total. The number of amides is 2. The Morgan fingerprint density at radius 3 is 2.33 bits per heavy atom. The topological polar surface area (TPSA) is 88.5 Å². The van der Waals surface area contributed by atoms with Crippen molar-refractivity contribution in [2.24, 2.45) is 0 Å². The molecular formula is C38H58N7O3+. The fourth-order valence-electron chi connectivity index (χ4n) is 8.70. The molecule has 0 saturated carbocycles. The molecule has 10 nitrogen and oxygen atoms in total. The van der Waals surface area contributed by atoms with Crippen molar-refractivity contribution in [2.45, 2.75) is 141 Å². The van der Waals surface area contributed by atoms with E-state index in [0.29, 0.717) is 12.3 Å². The second-order valence-corrected chi connectivity index (χ2v) is 15.4. The van der Waals surface area contributed by atoms with Gasteiger partial charge in [-0.05, 0) is 77.7 Å². The first-order valence-electron chi connectivity index (χ1n) is 17.9. The van der Waals surface area contributed by atoms with Crippen molar-refractivity contribution in [2.75, 3.05) is 13.7 Å². The Labute approximate surface area is 287 Å². The van der Waals surface area contributed by atoms with Gasteiger partial charge in [0.15, 0.2) is 6.54 Å². The van der Waals surface area contributed by atoms with Gasteiger partial charge in [0.05, 0.1) is 13.4 Å². The zero-order valence-electron chi connectivity index (χ0n) is 30.2. The maximum absolute atomic E-state index is 13.3. The van der Waals surface area contributed by atoms with E-state index < -0.39 is 0 Å². The van der Waals surface area contributed by atoms with Crippen molar-refractivity contribution in [1.29, 1.82) is 0 Å². The van der Waals surface area contributed by atoms with Crippen molar-refractivity contribution < 1.29 is 19.0 Å². The van der Waals surface area contributed by atoms with E-state index in [1.165, 1.54) is 5.56 Å². The number of imidazole rings is 2. The molecule has 2 aromatic heterocycles. The third-order valence-electron chi connectivity index (χ3n) is 10.6. The van der Waals surface area contributed by atoms with Crippen LogP contribution in [0.2, 0.25) is 0 Å².